The number of aryl methyl sites for hydroxylation is 2. The van der Waals surface area contributed by atoms with Crippen LogP contribution in [0.5, 0.6) is 11.5 Å². The Morgan fingerprint density at radius 1 is 1.13 bits per heavy atom. The molecule has 0 atom stereocenters. The van der Waals surface area contributed by atoms with E-state index in [1.165, 1.54) is 0 Å². The Morgan fingerprint density at radius 3 is 2.52 bits per heavy atom. The van der Waals surface area contributed by atoms with Crippen LogP contribution in [0, 0.1) is 13.8 Å². The van der Waals surface area contributed by atoms with Crippen LogP contribution in [0.3, 0.4) is 0 Å². The number of benzene rings is 2. The Labute approximate surface area is 137 Å². The van der Waals surface area contributed by atoms with Crippen LogP contribution >= 0.6 is 0 Å². The average Bonchev–Trinajstić information content (AvgIpc) is 2.54. The van der Waals surface area contributed by atoms with Gasteiger partial charge in [-0.2, -0.15) is 0 Å². The van der Waals surface area contributed by atoms with Crippen LogP contribution in [0.1, 0.15) is 11.1 Å². The van der Waals surface area contributed by atoms with Crippen LogP contribution in [0.4, 0.5) is 5.69 Å². The first kappa shape index (κ1) is 16.7. The molecule has 0 aliphatic rings. The minimum Gasteiger partial charge on any atom is -0.497 e. The highest BCUT2D eigenvalue weighted by Crippen LogP contribution is 2.22. The average molecular weight is 313 g/mol. The van der Waals surface area contributed by atoms with Crippen molar-refractivity contribution in [2.45, 2.75) is 13.8 Å². The van der Waals surface area contributed by atoms with E-state index in [2.05, 4.69) is 10.3 Å². The van der Waals surface area contributed by atoms with Crippen LogP contribution < -0.4 is 20.5 Å². The summed E-state index contributed by atoms with van der Waals surface area (Å²) in [6.45, 7) is 5.03. The molecule has 122 valence electrons. The van der Waals surface area contributed by atoms with E-state index in [0.29, 0.717) is 19.1 Å². The van der Waals surface area contributed by atoms with Gasteiger partial charge in [-0.15, -0.1) is 0 Å². The number of hydrogen-bond acceptors (Lipinski definition) is 3. The zero-order chi connectivity index (χ0) is 16.7. The van der Waals surface area contributed by atoms with Gasteiger partial charge in [-0.1, -0.05) is 24.3 Å². The molecule has 0 heterocycles. The second-order valence-corrected chi connectivity index (χ2v) is 5.19. The first-order valence-electron chi connectivity index (χ1n) is 7.50. The molecular formula is C18H23N3O2. The molecule has 2 rings (SSSR count). The molecule has 0 aliphatic heterocycles. The zero-order valence-corrected chi connectivity index (χ0v) is 13.8. The van der Waals surface area contributed by atoms with Crippen molar-refractivity contribution in [1.29, 1.82) is 0 Å². The van der Waals surface area contributed by atoms with Gasteiger partial charge in [0.15, 0.2) is 5.96 Å². The summed E-state index contributed by atoms with van der Waals surface area (Å²) in [5.74, 6) is 2.03. The second kappa shape index (κ2) is 8.08. The quantitative estimate of drug-likeness (QED) is 0.488. The van der Waals surface area contributed by atoms with Crippen LogP contribution in [0.2, 0.25) is 0 Å². The minimum atomic E-state index is 0.350. The van der Waals surface area contributed by atoms with Crippen molar-refractivity contribution < 1.29 is 9.47 Å². The summed E-state index contributed by atoms with van der Waals surface area (Å²) in [4.78, 5) is 4.27. The van der Waals surface area contributed by atoms with E-state index >= 15 is 0 Å². The molecule has 2 aromatic carbocycles. The van der Waals surface area contributed by atoms with E-state index in [9.17, 15) is 0 Å². The molecule has 0 amide bonds. The van der Waals surface area contributed by atoms with Crippen LogP contribution in [0.15, 0.2) is 47.5 Å². The van der Waals surface area contributed by atoms with Crippen LogP contribution in [-0.4, -0.2) is 26.2 Å². The standard InChI is InChI=1S/C18H23N3O2/c1-13-6-4-7-14(2)17(13)23-11-10-20-18(19)21-15-8-5-9-16(12-15)22-3/h4-9,12H,10-11H2,1-3H3,(H3,19,20,21). The molecule has 5 heteroatoms. The predicted molar refractivity (Wildman–Crippen MR) is 94.5 cm³/mol. The van der Waals surface area contributed by atoms with Crippen molar-refractivity contribution in [3.05, 3.63) is 53.6 Å². The number of nitrogens with one attached hydrogen (secondary N) is 1. The molecule has 23 heavy (non-hydrogen) atoms. The van der Waals surface area contributed by atoms with Crippen molar-refractivity contribution in [3.63, 3.8) is 0 Å². The highest BCUT2D eigenvalue weighted by molar-refractivity contribution is 5.92. The Balaban J connectivity index is 1.85. The third-order valence-corrected chi connectivity index (χ3v) is 3.37. The van der Waals surface area contributed by atoms with E-state index < -0.39 is 0 Å². The molecule has 0 unspecified atom stereocenters. The molecule has 2 aromatic rings. The first-order chi connectivity index (χ1) is 11.1. The maximum atomic E-state index is 5.88. The van der Waals surface area contributed by atoms with Crippen molar-refractivity contribution in [1.82, 2.24) is 0 Å². The fourth-order valence-electron chi connectivity index (χ4n) is 2.23. The topological polar surface area (TPSA) is 68.9 Å². The monoisotopic (exact) mass is 313 g/mol. The van der Waals surface area contributed by atoms with E-state index in [1.807, 2.05) is 56.3 Å². The summed E-state index contributed by atoms with van der Waals surface area (Å²) in [5, 5.41) is 3.03. The fraction of sp³-hybridized carbons (Fsp3) is 0.278. The van der Waals surface area contributed by atoms with Crippen LogP contribution in [0.25, 0.3) is 0 Å². The van der Waals surface area contributed by atoms with Gasteiger partial charge < -0.3 is 20.5 Å². The number of anilines is 1. The lowest BCUT2D eigenvalue weighted by molar-refractivity contribution is 0.324. The Bertz CT molecular complexity index is 663. The van der Waals surface area contributed by atoms with E-state index in [1.54, 1.807) is 7.11 Å². The maximum absolute atomic E-state index is 5.88. The molecule has 0 saturated heterocycles. The molecule has 0 spiro atoms. The molecule has 0 fully saturated rings. The van der Waals surface area contributed by atoms with Crippen molar-refractivity contribution in [2.75, 3.05) is 25.6 Å². The number of rotatable bonds is 6. The summed E-state index contributed by atoms with van der Waals surface area (Å²) < 4.78 is 11.0. The summed E-state index contributed by atoms with van der Waals surface area (Å²) >= 11 is 0. The predicted octanol–water partition coefficient (Wildman–Crippen LogP) is 3.12. The van der Waals surface area contributed by atoms with E-state index in [4.69, 9.17) is 15.2 Å². The van der Waals surface area contributed by atoms with E-state index in [-0.39, 0.29) is 0 Å². The molecule has 0 aliphatic carbocycles. The number of aliphatic imine (C=N–C) groups is 1. The van der Waals surface area contributed by atoms with E-state index in [0.717, 1.165) is 28.3 Å². The SMILES string of the molecule is COc1cccc(NC(N)=NCCOc2c(C)cccc2C)c1. The highest BCUT2D eigenvalue weighted by atomic mass is 16.5. The van der Waals surface area contributed by atoms with Gasteiger partial charge in [-0.05, 0) is 37.1 Å². The van der Waals surface area contributed by atoms with Gasteiger partial charge in [0.25, 0.3) is 0 Å². The molecule has 3 N–H and O–H groups in total. The van der Waals surface area contributed by atoms with Gasteiger partial charge >= 0.3 is 0 Å². The van der Waals surface area contributed by atoms with Crippen molar-refractivity contribution in [2.24, 2.45) is 10.7 Å². The molecular weight excluding hydrogens is 290 g/mol. The maximum Gasteiger partial charge on any atom is 0.193 e. The summed E-state index contributed by atoms with van der Waals surface area (Å²) in [6.07, 6.45) is 0. The Kier molecular flexibility index (Phi) is 5.86. The largest absolute Gasteiger partial charge is 0.497 e. The fourth-order valence-corrected chi connectivity index (χ4v) is 2.23. The van der Waals surface area contributed by atoms with Gasteiger partial charge in [-0.25, -0.2) is 4.99 Å². The Morgan fingerprint density at radius 2 is 1.83 bits per heavy atom. The molecule has 0 saturated carbocycles. The number of para-hydroxylation sites is 1. The number of nitrogens with two attached hydrogens (primary N) is 1. The highest BCUT2D eigenvalue weighted by Gasteiger charge is 2.02. The second-order valence-electron chi connectivity index (χ2n) is 5.19. The zero-order valence-electron chi connectivity index (χ0n) is 13.8. The molecule has 0 aromatic heterocycles. The molecule has 0 radical (unpaired) electrons. The minimum absolute atomic E-state index is 0.350. The smallest absolute Gasteiger partial charge is 0.193 e. The van der Waals surface area contributed by atoms with Crippen LogP contribution in [-0.2, 0) is 0 Å². The molecule has 5 nitrogen and oxygen atoms in total. The normalized spacial score (nSPS) is 11.2. The number of ether oxygens (including phenoxy) is 2. The van der Waals surface area contributed by atoms with Gasteiger partial charge in [-0.3, -0.25) is 0 Å². The van der Waals surface area contributed by atoms with Gasteiger partial charge in [0.1, 0.15) is 18.1 Å². The lowest BCUT2D eigenvalue weighted by Gasteiger charge is -2.11. The van der Waals surface area contributed by atoms with Gasteiger partial charge in [0.05, 0.1) is 13.7 Å². The third kappa shape index (κ3) is 4.92. The first-order valence-corrected chi connectivity index (χ1v) is 7.50. The Hall–Kier alpha value is -2.69. The van der Waals surface area contributed by atoms with Gasteiger partial charge in [0, 0.05) is 11.8 Å². The lowest BCUT2D eigenvalue weighted by Crippen LogP contribution is -2.23. The number of methoxy groups -OCH3 is 1. The lowest BCUT2D eigenvalue weighted by atomic mass is 10.1. The number of nitrogens with zero attached hydrogens (tertiary/aromatic N) is 1. The summed E-state index contributed by atoms with van der Waals surface area (Å²) in [7, 11) is 1.63. The molecule has 0 bridgehead atoms. The van der Waals surface area contributed by atoms with Crippen molar-refractivity contribution in [3.8, 4) is 11.5 Å². The number of guanidine groups is 1. The summed E-state index contributed by atoms with van der Waals surface area (Å²) in [5.41, 5.74) is 8.96. The summed E-state index contributed by atoms with van der Waals surface area (Å²) in [6, 6.07) is 13.6. The number of hydrogen-bond donors (Lipinski definition) is 2. The van der Waals surface area contributed by atoms with Crippen molar-refractivity contribution >= 4 is 11.6 Å². The van der Waals surface area contributed by atoms with Gasteiger partial charge in [0.2, 0.25) is 0 Å². The third-order valence-electron chi connectivity index (χ3n) is 3.37.